The zero-order chi connectivity index (χ0) is 21.7. The van der Waals surface area contributed by atoms with Crippen LogP contribution >= 0.6 is 46.7 Å². The third-order valence-electron chi connectivity index (χ3n) is 3.48. The second kappa shape index (κ2) is 10.3. The van der Waals surface area contributed by atoms with Crippen molar-refractivity contribution in [1.82, 2.24) is 4.98 Å². The van der Waals surface area contributed by atoms with Gasteiger partial charge in [-0.3, -0.25) is 9.59 Å². The number of halogens is 2. The van der Waals surface area contributed by atoms with Crippen molar-refractivity contribution in [1.29, 1.82) is 0 Å². The van der Waals surface area contributed by atoms with Crippen LogP contribution in [0.4, 0.5) is 0 Å². The van der Waals surface area contributed by atoms with Crippen molar-refractivity contribution in [3.05, 3.63) is 33.8 Å². The molecule has 156 valence electrons. The summed E-state index contributed by atoms with van der Waals surface area (Å²) in [5.74, 6) is -2.19. The number of carboxylic acid groups (broad SMARTS) is 2. The molecule has 11 heteroatoms. The number of rotatable bonds is 9. The summed E-state index contributed by atoms with van der Waals surface area (Å²) >= 11 is 14.4. The summed E-state index contributed by atoms with van der Waals surface area (Å²) in [5, 5.41) is 28.2. The molecule has 0 saturated heterocycles. The van der Waals surface area contributed by atoms with E-state index in [4.69, 9.17) is 38.2 Å². The highest BCUT2D eigenvalue weighted by Gasteiger charge is 2.22. The van der Waals surface area contributed by atoms with Crippen LogP contribution in [0, 0.1) is 0 Å². The third-order valence-corrected chi connectivity index (χ3v) is 6.33. The second-order valence-electron chi connectivity index (χ2n) is 6.02. The molecule has 0 atom stereocenters. The summed E-state index contributed by atoms with van der Waals surface area (Å²) in [5.41, 5.74) is 0.657. The summed E-state index contributed by atoms with van der Waals surface area (Å²) in [6.07, 6.45) is 0. The van der Waals surface area contributed by atoms with Crippen LogP contribution in [0.1, 0.15) is 25.3 Å². The van der Waals surface area contributed by atoms with Gasteiger partial charge in [0.05, 0.1) is 11.5 Å². The normalized spacial score (nSPS) is 10.9. The molecule has 1 aromatic heterocycles. The molecular formula is C18H17Cl2NO6S2. The molecule has 2 rings (SSSR count). The van der Waals surface area contributed by atoms with E-state index in [0.29, 0.717) is 11.3 Å². The Morgan fingerprint density at radius 2 is 1.59 bits per heavy atom. The minimum absolute atomic E-state index is 0.0140. The van der Waals surface area contributed by atoms with E-state index >= 15 is 0 Å². The van der Waals surface area contributed by atoms with E-state index in [1.54, 1.807) is 6.07 Å². The maximum absolute atomic E-state index is 10.9. The zero-order valence-corrected chi connectivity index (χ0v) is 18.5. The van der Waals surface area contributed by atoms with Gasteiger partial charge < -0.3 is 20.1 Å². The average Bonchev–Trinajstić information content (AvgIpc) is 2.64. The van der Waals surface area contributed by atoms with Crippen molar-refractivity contribution in [3.63, 3.8) is 0 Å². The van der Waals surface area contributed by atoms with E-state index in [1.165, 1.54) is 12.1 Å². The van der Waals surface area contributed by atoms with E-state index in [-0.39, 0.29) is 49.0 Å². The van der Waals surface area contributed by atoms with Crippen molar-refractivity contribution in [2.75, 3.05) is 11.5 Å². The first-order valence-electron chi connectivity index (χ1n) is 8.19. The van der Waals surface area contributed by atoms with Crippen LogP contribution in [0.15, 0.2) is 28.3 Å². The number of aliphatic carboxylic acids is 2. The maximum atomic E-state index is 10.9. The molecule has 0 radical (unpaired) electrons. The number of carboxylic acids is 2. The molecule has 0 saturated carbocycles. The summed E-state index contributed by atoms with van der Waals surface area (Å²) in [7, 11) is 0. The van der Waals surface area contributed by atoms with Gasteiger partial charge in [-0.2, -0.15) is 0 Å². The predicted molar refractivity (Wildman–Crippen MR) is 113 cm³/mol. The lowest BCUT2D eigenvalue weighted by atomic mass is 10.0. The van der Waals surface area contributed by atoms with Crippen LogP contribution in [0.25, 0.3) is 0 Å². The molecule has 1 aromatic carbocycles. The molecule has 0 aliphatic heterocycles. The van der Waals surface area contributed by atoms with Crippen LogP contribution in [-0.4, -0.2) is 43.7 Å². The zero-order valence-electron chi connectivity index (χ0n) is 15.3. The van der Waals surface area contributed by atoms with Gasteiger partial charge >= 0.3 is 11.9 Å². The molecule has 1 heterocycles. The number of aromatic hydroxyl groups is 1. The number of hydrogen-bond donors (Lipinski definition) is 3. The Morgan fingerprint density at radius 3 is 2.03 bits per heavy atom. The molecule has 0 unspecified atom stereocenters. The Labute approximate surface area is 185 Å². The highest BCUT2D eigenvalue weighted by molar-refractivity contribution is 8.00. The highest BCUT2D eigenvalue weighted by Crippen LogP contribution is 2.45. The fourth-order valence-electron chi connectivity index (χ4n) is 2.20. The van der Waals surface area contributed by atoms with Crippen LogP contribution in [0.3, 0.4) is 0 Å². The van der Waals surface area contributed by atoms with Gasteiger partial charge in [0.2, 0.25) is 0 Å². The minimum atomic E-state index is -1.06. The lowest BCUT2D eigenvalue weighted by Crippen LogP contribution is -2.02. The first-order chi connectivity index (χ1) is 13.6. The molecule has 0 aliphatic rings. The highest BCUT2D eigenvalue weighted by atomic mass is 35.5. The van der Waals surface area contributed by atoms with Crippen molar-refractivity contribution in [2.24, 2.45) is 0 Å². The van der Waals surface area contributed by atoms with E-state index < -0.39 is 11.9 Å². The molecular weight excluding hydrogens is 461 g/mol. The molecule has 29 heavy (non-hydrogen) atoms. The Balaban J connectivity index is 2.49. The quantitative estimate of drug-likeness (QED) is 0.409. The molecule has 0 spiro atoms. The number of aromatic nitrogens is 1. The van der Waals surface area contributed by atoms with Crippen molar-refractivity contribution in [3.8, 4) is 17.2 Å². The number of hydrogen-bond acceptors (Lipinski definition) is 7. The first kappa shape index (κ1) is 23.5. The van der Waals surface area contributed by atoms with Crippen molar-refractivity contribution < 1.29 is 29.6 Å². The third kappa shape index (κ3) is 6.33. The van der Waals surface area contributed by atoms with Crippen molar-refractivity contribution in [2.45, 2.75) is 29.8 Å². The molecule has 2 aromatic rings. The number of nitrogens with zero attached hydrogens (tertiary/aromatic N) is 1. The maximum Gasteiger partial charge on any atom is 0.313 e. The second-order valence-corrected chi connectivity index (χ2v) is 8.71. The summed E-state index contributed by atoms with van der Waals surface area (Å²) in [6, 6.07) is 4.65. The SMILES string of the molecule is CC(C)c1cc(Oc2c(Cl)c(SCC(=O)O)nc(SCC(=O)O)c2Cl)ccc1O. The molecule has 0 amide bonds. The number of thioether (sulfide) groups is 2. The summed E-state index contributed by atoms with van der Waals surface area (Å²) in [4.78, 5) is 26.0. The Bertz CT molecular complexity index is 897. The van der Waals surface area contributed by atoms with Gasteiger partial charge in [-0.15, -0.1) is 0 Å². The van der Waals surface area contributed by atoms with Gasteiger partial charge in [0.1, 0.15) is 31.6 Å². The van der Waals surface area contributed by atoms with E-state index in [2.05, 4.69) is 4.98 Å². The van der Waals surface area contributed by atoms with Gasteiger partial charge in [0, 0.05) is 5.56 Å². The Hall–Kier alpha value is -1.81. The van der Waals surface area contributed by atoms with Gasteiger partial charge in [0.15, 0.2) is 5.75 Å². The standard InChI is InChI=1S/C18H17Cl2NO6S2/c1-8(2)10-5-9(3-4-11(10)22)27-16-14(19)17(28-6-12(23)24)21-18(15(16)20)29-7-13(25)26/h3-5,8,22H,6-7H2,1-2H3,(H,23,24)(H,25,26). The van der Waals surface area contributed by atoms with E-state index in [0.717, 1.165) is 23.5 Å². The largest absolute Gasteiger partial charge is 0.508 e. The molecule has 0 bridgehead atoms. The fraction of sp³-hybridized carbons (Fsp3) is 0.278. The average molecular weight is 478 g/mol. The Morgan fingerprint density at radius 1 is 1.07 bits per heavy atom. The van der Waals surface area contributed by atoms with Crippen LogP contribution in [0.5, 0.6) is 17.2 Å². The molecule has 0 aliphatic carbocycles. The lowest BCUT2D eigenvalue weighted by Gasteiger charge is -2.16. The number of carbonyl (C=O) groups is 2. The smallest absolute Gasteiger partial charge is 0.313 e. The van der Waals surface area contributed by atoms with Gasteiger partial charge in [-0.1, -0.05) is 60.6 Å². The number of phenols is 1. The van der Waals surface area contributed by atoms with Crippen LogP contribution in [0.2, 0.25) is 10.0 Å². The molecule has 3 N–H and O–H groups in total. The van der Waals surface area contributed by atoms with Crippen LogP contribution in [-0.2, 0) is 9.59 Å². The topological polar surface area (TPSA) is 117 Å². The fourth-order valence-corrected chi connectivity index (χ4v) is 4.25. The lowest BCUT2D eigenvalue weighted by molar-refractivity contribution is -0.134. The number of pyridine rings is 1. The first-order valence-corrected chi connectivity index (χ1v) is 10.9. The molecule has 0 fully saturated rings. The van der Waals surface area contributed by atoms with Crippen molar-refractivity contribution >= 4 is 58.7 Å². The number of ether oxygens (including phenoxy) is 1. The summed E-state index contributed by atoms with van der Waals surface area (Å²) in [6.45, 7) is 3.82. The molecule has 7 nitrogen and oxygen atoms in total. The number of phenolic OH excluding ortho intramolecular Hbond substituents is 1. The van der Waals surface area contributed by atoms with E-state index in [1.807, 2.05) is 13.8 Å². The van der Waals surface area contributed by atoms with Gasteiger partial charge in [-0.25, -0.2) is 4.98 Å². The summed E-state index contributed by atoms with van der Waals surface area (Å²) < 4.78 is 5.84. The van der Waals surface area contributed by atoms with Crippen LogP contribution < -0.4 is 4.74 Å². The van der Waals surface area contributed by atoms with Gasteiger partial charge in [-0.05, 0) is 24.1 Å². The monoisotopic (exact) mass is 477 g/mol. The van der Waals surface area contributed by atoms with Gasteiger partial charge in [0.25, 0.3) is 0 Å². The number of benzene rings is 1. The Kier molecular flexibility index (Phi) is 8.33. The minimum Gasteiger partial charge on any atom is -0.508 e. The van der Waals surface area contributed by atoms with E-state index in [9.17, 15) is 14.7 Å². The predicted octanol–water partition coefficient (Wildman–Crippen LogP) is 5.36.